The Bertz CT molecular complexity index is 575. The number of nitrogens with one attached hydrogen (secondary N) is 1. The van der Waals surface area contributed by atoms with Gasteiger partial charge in [0.1, 0.15) is 11.6 Å². The summed E-state index contributed by atoms with van der Waals surface area (Å²) in [5.74, 6) is -0.673. The van der Waals surface area contributed by atoms with E-state index in [9.17, 15) is 8.78 Å². The number of nitrogens with zero attached hydrogens (tertiary/aromatic N) is 1. The minimum absolute atomic E-state index is 0.182. The number of aromatic nitrogens is 1. The van der Waals surface area contributed by atoms with Gasteiger partial charge in [0.05, 0.1) is 6.20 Å². The second kappa shape index (κ2) is 6.21. The lowest BCUT2D eigenvalue weighted by Crippen LogP contribution is -2.19. The van der Waals surface area contributed by atoms with Crippen LogP contribution in [0.25, 0.3) is 0 Å². The van der Waals surface area contributed by atoms with Crippen molar-refractivity contribution in [2.45, 2.75) is 12.5 Å². The molecule has 0 radical (unpaired) electrons. The third-order valence-corrected chi connectivity index (χ3v) is 3.41. The third kappa shape index (κ3) is 3.58. The molecule has 0 aliphatic rings. The van der Waals surface area contributed by atoms with Gasteiger partial charge in [-0.1, -0.05) is 22.0 Å². The molecule has 5 heteroatoms. The summed E-state index contributed by atoms with van der Waals surface area (Å²) in [5, 5.41) is 3.05. The van der Waals surface area contributed by atoms with Gasteiger partial charge >= 0.3 is 0 Å². The predicted octanol–water partition coefficient (Wildman–Crippen LogP) is 3.63. The van der Waals surface area contributed by atoms with E-state index in [4.69, 9.17) is 0 Å². The largest absolute Gasteiger partial charge is 0.313 e. The van der Waals surface area contributed by atoms with Crippen LogP contribution < -0.4 is 5.32 Å². The minimum atomic E-state index is -0.394. The first-order valence-corrected chi connectivity index (χ1v) is 6.61. The fourth-order valence-corrected chi connectivity index (χ4v) is 2.25. The van der Waals surface area contributed by atoms with Crippen LogP contribution in [0.5, 0.6) is 0 Å². The van der Waals surface area contributed by atoms with Crippen molar-refractivity contribution >= 4 is 15.9 Å². The Morgan fingerprint density at radius 1 is 1.26 bits per heavy atom. The number of hydrogen-bond acceptors (Lipinski definition) is 2. The Morgan fingerprint density at radius 2 is 2.05 bits per heavy atom. The number of halogens is 3. The van der Waals surface area contributed by atoms with Crippen LogP contribution in [0.4, 0.5) is 8.78 Å². The van der Waals surface area contributed by atoms with Gasteiger partial charge in [-0.2, -0.15) is 0 Å². The lowest BCUT2D eigenvalue weighted by Gasteiger charge is -2.17. The SMILES string of the molecule is CNC(Cc1ccc(Br)cc1F)c1cncc(F)c1. The monoisotopic (exact) mass is 326 g/mol. The molecule has 2 nitrogen and oxygen atoms in total. The summed E-state index contributed by atoms with van der Waals surface area (Å²) in [7, 11) is 1.76. The average Bonchev–Trinajstić information content (AvgIpc) is 2.38. The highest BCUT2D eigenvalue weighted by molar-refractivity contribution is 9.10. The van der Waals surface area contributed by atoms with Crippen molar-refractivity contribution in [2.24, 2.45) is 0 Å². The molecule has 1 aromatic carbocycles. The van der Waals surface area contributed by atoms with Gasteiger partial charge in [-0.3, -0.25) is 4.98 Å². The van der Waals surface area contributed by atoms with Gasteiger partial charge in [0.25, 0.3) is 0 Å². The average molecular weight is 327 g/mol. The van der Waals surface area contributed by atoms with Gasteiger partial charge in [0.2, 0.25) is 0 Å². The standard InChI is InChI=1S/C14H13BrF2N2/c1-18-14(10-4-12(16)8-19-7-10)5-9-2-3-11(15)6-13(9)17/h2-4,6-8,14,18H,5H2,1H3. The molecule has 1 N–H and O–H groups in total. The third-order valence-electron chi connectivity index (χ3n) is 2.92. The Balaban J connectivity index is 2.24. The molecule has 1 unspecified atom stereocenters. The molecule has 0 saturated heterocycles. The highest BCUT2D eigenvalue weighted by Gasteiger charge is 2.14. The Labute approximate surface area is 119 Å². The van der Waals surface area contributed by atoms with E-state index >= 15 is 0 Å². The molecule has 1 heterocycles. The van der Waals surface area contributed by atoms with E-state index in [1.165, 1.54) is 12.1 Å². The summed E-state index contributed by atoms with van der Waals surface area (Å²) in [4.78, 5) is 3.81. The van der Waals surface area contributed by atoms with E-state index in [2.05, 4.69) is 26.2 Å². The van der Waals surface area contributed by atoms with Crippen LogP contribution in [0.3, 0.4) is 0 Å². The number of benzene rings is 1. The summed E-state index contributed by atoms with van der Waals surface area (Å²) >= 11 is 3.22. The maximum Gasteiger partial charge on any atom is 0.141 e. The van der Waals surface area contributed by atoms with Crippen LogP contribution in [-0.4, -0.2) is 12.0 Å². The number of likely N-dealkylation sites (N-methyl/N-ethyl adjacent to an activating group) is 1. The van der Waals surface area contributed by atoms with Gasteiger partial charge in [0.15, 0.2) is 0 Å². The molecule has 100 valence electrons. The zero-order valence-corrected chi connectivity index (χ0v) is 11.9. The Hall–Kier alpha value is -1.33. The van der Waals surface area contributed by atoms with Gasteiger partial charge in [-0.05, 0) is 42.8 Å². The highest BCUT2D eigenvalue weighted by Crippen LogP contribution is 2.22. The normalized spacial score (nSPS) is 12.4. The molecule has 0 amide bonds. The minimum Gasteiger partial charge on any atom is -0.313 e. The van der Waals surface area contributed by atoms with E-state index in [1.54, 1.807) is 25.4 Å². The molecule has 0 saturated carbocycles. The zero-order chi connectivity index (χ0) is 13.8. The topological polar surface area (TPSA) is 24.9 Å². The molecule has 2 aromatic rings. The second-order valence-corrected chi connectivity index (χ2v) is 5.13. The van der Waals surface area contributed by atoms with Crippen LogP contribution in [0.2, 0.25) is 0 Å². The lowest BCUT2D eigenvalue weighted by atomic mass is 10.00. The maximum absolute atomic E-state index is 13.8. The van der Waals surface area contributed by atoms with Crippen LogP contribution in [0.15, 0.2) is 41.1 Å². The van der Waals surface area contributed by atoms with E-state index in [0.29, 0.717) is 22.0 Å². The second-order valence-electron chi connectivity index (χ2n) is 4.22. The molecular weight excluding hydrogens is 314 g/mol. The summed E-state index contributed by atoms with van der Waals surface area (Å²) in [6.07, 6.45) is 3.16. The molecule has 0 bridgehead atoms. The number of rotatable bonds is 4. The van der Waals surface area contributed by atoms with Gasteiger partial charge in [-0.15, -0.1) is 0 Å². The first-order chi connectivity index (χ1) is 9.10. The molecular formula is C14H13BrF2N2. The van der Waals surface area contributed by atoms with Gasteiger partial charge in [-0.25, -0.2) is 8.78 Å². The summed E-state index contributed by atoms with van der Waals surface area (Å²) in [6.45, 7) is 0. The van der Waals surface area contributed by atoms with Crippen molar-refractivity contribution in [3.05, 3.63) is 63.9 Å². The van der Waals surface area contributed by atoms with E-state index in [1.807, 2.05) is 0 Å². The molecule has 1 aromatic heterocycles. The van der Waals surface area contributed by atoms with Crippen LogP contribution in [-0.2, 0) is 6.42 Å². The van der Waals surface area contributed by atoms with Crippen molar-refractivity contribution in [3.8, 4) is 0 Å². The van der Waals surface area contributed by atoms with Crippen molar-refractivity contribution in [2.75, 3.05) is 7.05 Å². The molecule has 0 fully saturated rings. The lowest BCUT2D eigenvalue weighted by molar-refractivity contribution is 0.546. The maximum atomic E-state index is 13.8. The molecule has 2 rings (SSSR count). The van der Waals surface area contributed by atoms with Crippen LogP contribution in [0.1, 0.15) is 17.2 Å². The van der Waals surface area contributed by atoms with Crippen LogP contribution in [0, 0.1) is 11.6 Å². The molecule has 0 aliphatic carbocycles. The fourth-order valence-electron chi connectivity index (χ4n) is 1.91. The summed E-state index contributed by atoms with van der Waals surface area (Å²) < 4.78 is 27.7. The summed E-state index contributed by atoms with van der Waals surface area (Å²) in [5.41, 5.74) is 1.27. The van der Waals surface area contributed by atoms with Crippen molar-refractivity contribution < 1.29 is 8.78 Å². The molecule has 0 spiro atoms. The fraction of sp³-hybridized carbons (Fsp3) is 0.214. The van der Waals surface area contributed by atoms with Crippen LogP contribution >= 0.6 is 15.9 Å². The Kier molecular flexibility index (Phi) is 4.61. The first-order valence-electron chi connectivity index (χ1n) is 5.82. The van der Waals surface area contributed by atoms with Gasteiger partial charge in [0, 0.05) is 16.7 Å². The van der Waals surface area contributed by atoms with Crippen molar-refractivity contribution in [1.82, 2.24) is 10.3 Å². The smallest absolute Gasteiger partial charge is 0.141 e. The predicted molar refractivity (Wildman–Crippen MR) is 73.8 cm³/mol. The molecule has 0 aliphatic heterocycles. The summed E-state index contributed by atoms with van der Waals surface area (Å²) in [6, 6.07) is 6.15. The highest BCUT2D eigenvalue weighted by atomic mass is 79.9. The van der Waals surface area contributed by atoms with E-state index < -0.39 is 5.82 Å². The Morgan fingerprint density at radius 3 is 2.68 bits per heavy atom. The zero-order valence-electron chi connectivity index (χ0n) is 10.3. The quantitative estimate of drug-likeness (QED) is 0.928. The number of hydrogen-bond donors (Lipinski definition) is 1. The molecule has 1 atom stereocenters. The van der Waals surface area contributed by atoms with Crippen molar-refractivity contribution in [3.63, 3.8) is 0 Å². The number of pyridine rings is 1. The van der Waals surface area contributed by atoms with Crippen molar-refractivity contribution in [1.29, 1.82) is 0 Å². The van der Waals surface area contributed by atoms with E-state index in [0.717, 1.165) is 6.20 Å². The molecule has 19 heavy (non-hydrogen) atoms. The first kappa shape index (κ1) is 14.1. The van der Waals surface area contributed by atoms with Gasteiger partial charge < -0.3 is 5.32 Å². The van der Waals surface area contributed by atoms with E-state index in [-0.39, 0.29) is 11.9 Å².